The zero-order chi connectivity index (χ0) is 74.1. The summed E-state index contributed by atoms with van der Waals surface area (Å²) >= 11 is 0. The maximum atomic E-state index is 13.1. The first-order chi connectivity index (χ1) is 49.0. The molecule has 0 fully saturated rings. The Morgan fingerprint density at radius 1 is 0.267 bits per heavy atom. The minimum absolute atomic E-state index is 0.107. The largest absolute Gasteiger partial charge is 0.472 e. The highest BCUT2D eigenvalue weighted by atomic mass is 31.2. The van der Waals surface area contributed by atoms with E-state index in [1.165, 1.54) is 263 Å². The first kappa shape index (κ1) is 99.1. The molecule has 0 amide bonds. The lowest BCUT2D eigenvalue weighted by Crippen LogP contribution is -2.30. The van der Waals surface area contributed by atoms with Gasteiger partial charge in [0.05, 0.1) is 26.4 Å². The molecule has 17 nitrogen and oxygen atoms in total. The molecule has 0 radical (unpaired) electrons. The fourth-order valence-corrected chi connectivity index (χ4v) is 14.3. The Bertz CT molecular complexity index is 1930. The highest BCUT2D eigenvalue weighted by Crippen LogP contribution is 2.45. The van der Waals surface area contributed by atoms with E-state index in [0.717, 1.165) is 95.8 Å². The summed E-state index contributed by atoms with van der Waals surface area (Å²) in [6.07, 6.45) is 66.5. The van der Waals surface area contributed by atoms with Crippen molar-refractivity contribution in [1.82, 2.24) is 0 Å². The highest BCUT2D eigenvalue weighted by molar-refractivity contribution is 7.47. The molecule has 101 heavy (non-hydrogen) atoms. The summed E-state index contributed by atoms with van der Waals surface area (Å²) in [6, 6.07) is 0. The van der Waals surface area contributed by atoms with E-state index >= 15 is 0 Å². The van der Waals surface area contributed by atoms with Crippen molar-refractivity contribution in [2.45, 2.75) is 457 Å². The van der Waals surface area contributed by atoms with Gasteiger partial charge >= 0.3 is 39.5 Å². The fourth-order valence-electron chi connectivity index (χ4n) is 12.8. The molecule has 19 heteroatoms. The smallest absolute Gasteiger partial charge is 0.462 e. The fraction of sp³-hybridized carbons (Fsp3) is 0.951. The van der Waals surface area contributed by atoms with Gasteiger partial charge in [0.25, 0.3) is 0 Å². The normalized spacial score (nSPS) is 13.8. The van der Waals surface area contributed by atoms with Crippen molar-refractivity contribution in [3.8, 4) is 0 Å². The maximum absolute atomic E-state index is 13.1. The second-order valence-electron chi connectivity index (χ2n) is 30.0. The minimum Gasteiger partial charge on any atom is -0.462 e. The molecule has 0 bridgehead atoms. The quantitative estimate of drug-likeness (QED) is 0.0222. The van der Waals surface area contributed by atoms with Gasteiger partial charge in [-0.05, 0) is 31.6 Å². The van der Waals surface area contributed by atoms with Gasteiger partial charge in [-0.3, -0.25) is 37.3 Å². The highest BCUT2D eigenvalue weighted by Gasteiger charge is 2.30. The molecule has 2 unspecified atom stereocenters. The number of hydrogen-bond donors (Lipinski definition) is 3. The third kappa shape index (κ3) is 76.1. The van der Waals surface area contributed by atoms with Crippen molar-refractivity contribution < 1.29 is 80.2 Å². The molecule has 600 valence electrons. The lowest BCUT2D eigenvalue weighted by Gasteiger charge is -2.21. The summed E-state index contributed by atoms with van der Waals surface area (Å²) in [5.41, 5.74) is 0. The number of esters is 4. The molecule has 0 aromatic rings. The molecular formula is C82H160O17P2. The zero-order valence-electron chi connectivity index (χ0n) is 66.1. The lowest BCUT2D eigenvalue weighted by molar-refractivity contribution is -0.161. The van der Waals surface area contributed by atoms with Gasteiger partial charge in [-0.25, -0.2) is 9.13 Å². The molecule has 0 aromatic carbocycles. The molecule has 0 rings (SSSR count). The number of rotatable bonds is 82. The molecule has 0 spiro atoms. The monoisotopic (exact) mass is 1480 g/mol. The molecule has 0 aliphatic heterocycles. The van der Waals surface area contributed by atoms with Crippen LogP contribution in [-0.4, -0.2) is 96.7 Å². The van der Waals surface area contributed by atoms with Crippen molar-refractivity contribution in [3.05, 3.63) is 0 Å². The molecule has 0 saturated carbocycles. The Morgan fingerprint density at radius 3 is 0.673 bits per heavy atom. The van der Waals surface area contributed by atoms with Gasteiger partial charge in [0, 0.05) is 25.7 Å². The van der Waals surface area contributed by atoms with Gasteiger partial charge in [-0.2, -0.15) is 0 Å². The van der Waals surface area contributed by atoms with Crippen molar-refractivity contribution in [3.63, 3.8) is 0 Å². The molecule has 0 aliphatic carbocycles. The summed E-state index contributed by atoms with van der Waals surface area (Å²) < 4.78 is 68.8. The van der Waals surface area contributed by atoms with Crippen LogP contribution in [0.15, 0.2) is 0 Å². The number of carbonyl (C=O) groups excluding carboxylic acids is 4. The topological polar surface area (TPSA) is 237 Å². The van der Waals surface area contributed by atoms with Crippen LogP contribution >= 0.6 is 15.6 Å². The number of phosphoric ester groups is 2. The zero-order valence-corrected chi connectivity index (χ0v) is 67.8. The summed E-state index contributed by atoms with van der Waals surface area (Å²) in [5.74, 6) is -1.34. The predicted molar refractivity (Wildman–Crippen MR) is 414 cm³/mol. The van der Waals surface area contributed by atoms with E-state index in [2.05, 4.69) is 34.6 Å². The maximum Gasteiger partial charge on any atom is 0.472 e. The van der Waals surface area contributed by atoms with Gasteiger partial charge < -0.3 is 33.8 Å². The summed E-state index contributed by atoms with van der Waals surface area (Å²) in [6.45, 7) is 7.34. The molecule has 3 N–H and O–H groups in total. The van der Waals surface area contributed by atoms with Crippen LogP contribution in [0.5, 0.6) is 0 Å². The number of unbranched alkanes of at least 4 members (excludes halogenated alkanes) is 54. The SMILES string of the molecule is CCCCCCCCCCCCCCCCCCCCCCC(=O)O[C@H](COC(=O)CCCCCCCCCCCCCCCCC)COP(=O)(O)OC[C@@H](O)COP(=O)(O)OC[C@@H](COC(=O)CCCCCCCCCCCCCC)OC(=O)CCCCCCCCCCCCCC(C)C. The summed E-state index contributed by atoms with van der Waals surface area (Å²) in [5, 5.41) is 10.7. The van der Waals surface area contributed by atoms with Crippen LogP contribution in [-0.2, 0) is 65.4 Å². The van der Waals surface area contributed by atoms with Crippen molar-refractivity contribution in [2.75, 3.05) is 39.6 Å². The summed E-state index contributed by atoms with van der Waals surface area (Å²) in [7, 11) is -9.92. The van der Waals surface area contributed by atoms with Crippen LogP contribution in [0.1, 0.15) is 439 Å². The third-order valence-electron chi connectivity index (χ3n) is 19.3. The van der Waals surface area contributed by atoms with Gasteiger partial charge in [0.15, 0.2) is 12.2 Å². The number of aliphatic hydroxyl groups excluding tert-OH is 1. The van der Waals surface area contributed by atoms with Crippen molar-refractivity contribution in [2.24, 2.45) is 5.92 Å². The molecule has 5 atom stereocenters. The van der Waals surface area contributed by atoms with E-state index in [-0.39, 0.29) is 25.7 Å². The van der Waals surface area contributed by atoms with Crippen LogP contribution in [0.4, 0.5) is 0 Å². The van der Waals surface area contributed by atoms with E-state index in [9.17, 15) is 43.2 Å². The van der Waals surface area contributed by atoms with E-state index in [4.69, 9.17) is 37.0 Å². The lowest BCUT2D eigenvalue weighted by atomic mass is 10.0. The van der Waals surface area contributed by atoms with Gasteiger partial charge in [0.2, 0.25) is 0 Å². The van der Waals surface area contributed by atoms with Crippen molar-refractivity contribution >= 4 is 39.5 Å². The van der Waals surface area contributed by atoms with E-state index < -0.39 is 97.5 Å². The van der Waals surface area contributed by atoms with Crippen LogP contribution < -0.4 is 0 Å². The van der Waals surface area contributed by atoms with Crippen LogP contribution in [0.3, 0.4) is 0 Å². The van der Waals surface area contributed by atoms with Crippen molar-refractivity contribution in [1.29, 1.82) is 0 Å². The molecule has 0 heterocycles. The first-order valence-electron chi connectivity index (χ1n) is 42.6. The molecule has 0 saturated heterocycles. The average molecular weight is 1480 g/mol. The van der Waals surface area contributed by atoms with Gasteiger partial charge in [0.1, 0.15) is 19.3 Å². The average Bonchev–Trinajstić information content (AvgIpc) is 0.963. The third-order valence-corrected chi connectivity index (χ3v) is 21.2. The number of carbonyl (C=O) groups is 4. The molecule has 0 aliphatic rings. The second kappa shape index (κ2) is 74.9. The molecule has 0 aromatic heterocycles. The Morgan fingerprint density at radius 2 is 0.455 bits per heavy atom. The Balaban J connectivity index is 5.24. The first-order valence-corrected chi connectivity index (χ1v) is 45.6. The number of ether oxygens (including phenoxy) is 4. The van der Waals surface area contributed by atoms with Crippen LogP contribution in [0, 0.1) is 5.92 Å². The second-order valence-corrected chi connectivity index (χ2v) is 32.9. The van der Waals surface area contributed by atoms with Gasteiger partial charge in [-0.1, -0.05) is 388 Å². The standard InChI is InChI=1S/C82H160O17P2/c1-6-9-12-15-18-21-24-27-29-30-31-32-33-35-37-42-47-52-57-62-67-81(86)98-77(72-93-80(85)66-61-56-51-46-41-36-34-28-25-22-19-16-13-10-7-2)73-96-100(88,89)94-69-76(83)70-95-101(90,91)97-74-78(71-92-79(84)65-60-55-50-45-40-26-23-20-17-14-11-8-3)99-82(87)68-63-58-53-48-43-38-39-44-49-54-59-64-75(4)5/h75-78,83H,6-74H2,1-5H3,(H,88,89)(H,90,91)/t76-,77-,78-/m1/s1. The van der Waals surface area contributed by atoms with Gasteiger partial charge in [-0.15, -0.1) is 0 Å². The van der Waals surface area contributed by atoms with E-state index in [1.54, 1.807) is 0 Å². The minimum atomic E-state index is -4.96. The Hall–Kier alpha value is -1.94. The number of aliphatic hydroxyl groups is 1. The Kier molecular flexibility index (Phi) is 73.5. The van der Waals surface area contributed by atoms with Crippen LogP contribution in [0.25, 0.3) is 0 Å². The number of phosphoric acid groups is 2. The summed E-state index contributed by atoms with van der Waals surface area (Å²) in [4.78, 5) is 73.1. The Labute approximate surface area is 619 Å². The predicted octanol–water partition coefficient (Wildman–Crippen LogP) is 24.8. The number of hydrogen-bond acceptors (Lipinski definition) is 15. The van der Waals surface area contributed by atoms with Crippen LogP contribution in [0.2, 0.25) is 0 Å². The molecular weight excluding hydrogens is 1320 g/mol. The van der Waals surface area contributed by atoms with E-state index in [0.29, 0.717) is 25.7 Å². The van der Waals surface area contributed by atoms with E-state index in [1.807, 2.05) is 0 Å².